The van der Waals surface area contributed by atoms with E-state index >= 15 is 0 Å². The quantitative estimate of drug-likeness (QED) is 0.664. The lowest BCUT2D eigenvalue weighted by atomic mass is 9.92. The monoisotopic (exact) mass is 368 g/mol. The van der Waals surface area contributed by atoms with E-state index < -0.39 is 23.3 Å². The maximum atomic E-state index is 13.2. The third-order valence-corrected chi connectivity index (χ3v) is 5.01. The van der Waals surface area contributed by atoms with Crippen LogP contribution in [0.1, 0.15) is 28.4 Å². The first-order chi connectivity index (χ1) is 12.9. The van der Waals surface area contributed by atoms with Crippen LogP contribution in [0.25, 0.3) is 0 Å². The number of rotatable bonds is 4. The topological polar surface area (TPSA) is 75.7 Å². The van der Waals surface area contributed by atoms with E-state index in [0.717, 1.165) is 22.6 Å². The molecule has 0 spiro atoms. The molecule has 138 valence electrons. The van der Waals surface area contributed by atoms with E-state index in [0.29, 0.717) is 17.7 Å². The predicted octanol–water partition coefficient (Wildman–Crippen LogP) is 2.41. The minimum absolute atomic E-state index is 0.337. The molecular weight excluding hydrogens is 351 g/mol. The molecule has 1 saturated heterocycles. The van der Waals surface area contributed by atoms with Gasteiger partial charge in [0, 0.05) is 12.0 Å². The van der Waals surface area contributed by atoms with Crippen molar-refractivity contribution < 1.29 is 23.5 Å². The van der Waals surface area contributed by atoms with E-state index in [4.69, 9.17) is 4.74 Å². The van der Waals surface area contributed by atoms with Crippen molar-refractivity contribution in [3.05, 3.63) is 65.0 Å². The molecule has 0 bridgehead atoms. The van der Waals surface area contributed by atoms with Crippen LogP contribution in [0.5, 0.6) is 5.75 Å². The summed E-state index contributed by atoms with van der Waals surface area (Å²) in [4.78, 5) is 38.7. The SMILES string of the molecule is CC1(c2ccc(F)cc2)NC(=O)N(CC(=O)c2ccc3c(c2)CCO3)C1=O. The van der Waals surface area contributed by atoms with E-state index in [1.54, 1.807) is 18.2 Å². The fraction of sp³-hybridized carbons (Fsp3) is 0.250. The molecule has 2 aromatic rings. The van der Waals surface area contributed by atoms with Crippen molar-refractivity contribution in [3.63, 3.8) is 0 Å². The first-order valence-corrected chi connectivity index (χ1v) is 8.57. The number of carbonyl (C=O) groups excluding carboxylic acids is 3. The highest BCUT2D eigenvalue weighted by atomic mass is 19.1. The van der Waals surface area contributed by atoms with Crippen LogP contribution < -0.4 is 10.1 Å². The lowest BCUT2D eigenvalue weighted by Crippen LogP contribution is -2.41. The van der Waals surface area contributed by atoms with Crippen LogP contribution in [0, 0.1) is 5.82 Å². The van der Waals surface area contributed by atoms with Crippen LogP contribution in [0.15, 0.2) is 42.5 Å². The normalized spacial score (nSPS) is 21.0. The second-order valence-corrected chi connectivity index (χ2v) is 6.80. The number of nitrogens with zero attached hydrogens (tertiary/aromatic N) is 1. The number of fused-ring (bicyclic) bond motifs is 1. The average molecular weight is 368 g/mol. The second-order valence-electron chi connectivity index (χ2n) is 6.80. The summed E-state index contributed by atoms with van der Waals surface area (Å²) in [5, 5.41) is 2.61. The lowest BCUT2D eigenvalue weighted by Gasteiger charge is -2.22. The summed E-state index contributed by atoms with van der Waals surface area (Å²) in [6, 6.07) is 9.78. The molecule has 27 heavy (non-hydrogen) atoms. The number of halogens is 1. The van der Waals surface area contributed by atoms with Crippen LogP contribution in [-0.2, 0) is 16.8 Å². The molecule has 2 aromatic carbocycles. The van der Waals surface area contributed by atoms with E-state index in [-0.39, 0.29) is 12.3 Å². The Kier molecular flexibility index (Phi) is 3.95. The fourth-order valence-electron chi connectivity index (χ4n) is 3.41. The van der Waals surface area contributed by atoms with Crippen molar-refractivity contribution >= 4 is 17.7 Å². The first-order valence-electron chi connectivity index (χ1n) is 8.57. The van der Waals surface area contributed by atoms with Gasteiger partial charge in [-0.3, -0.25) is 14.5 Å². The minimum Gasteiger partial charge on any atom is -0.493 e. The highest BCUT2D eigenvalue weighted by Gasteiger charge is 2.49. The molecule has 0 aliphatic carbocycles. The number of hydrogen-bond acceptors (Lipinski definition) is 4. The molecule has 1 N–H and O–H groups in total. The van der Waals surface area contributed by atoms with Crippen molar-refractivity contribution in [2.45, 2.75) is 18.9 Å². The fourth-order valence-corrected chi connectivity index (χ4v) is 3.41. The van der Waals surface area contributed by atoms with Gasteiger partial charge in [-0.15, -0.1) is 0 Å². The van der Waals surface area contributed by atoms with Crippen molar-refractivity contribution in [1.29, 1.82) is 0 Å². The van der Waals surface area contributed by atoms with Gasteiger partial charge in [-0.2, -0.15) is 0 Å². The molecule has 1 atom stereocenters. The number of benzene rings is 2. The zero-order valence-electron chi connectivity index (χ0n) is 14.6. The Labute approximate surface area is 154 Å². The van der Waals surface area contributed by atoms with Crippen LogP contribution in [0.3, 0.4) is 0 Å². The van der Waals surface area contributed by atoms with Gasteiger partial charge in [-0.25, -0.2) is 9.18 Å². The van der Waals surface area contributed by atoms with Gasteiger partial charge in [-0.1, -0.05) is 12.1 Å². The van der Waals surface area contributed by atoms with Crippen LogP contribution in [-0.4, -0.2) is 35.8 Å². The predicted molar refractivity (Wildman–Crippen MR) is 94.0 cm³/mol. The molecule has 2 aliphatic heterocycles. The maximum Gasteiger partial charge on any atom is 0.325 e. The van der Waals surface area contributed by atoms with Gasteiger partial charge < -0.3 is 10.1 Å². The molecule has 1 fully saturated rings. The van der Waals surface area contributed by atoms with Gasteiger partial charge in [0.1, 0.15) is 17.1 Å². The number of Topliss-reactive ketones (excluding diaryl/α,β-unsaturated/α-hetero) is 1. The van der Waals surface area contributed by atoms with Crippen molar-refractivity contribution in [3.8, 4) is 5.75 Å². The third kappa shape index (κ3) is 2.85. The summed E-state index contributed by atoms with van der Waals surface area (Å²) in [6.07, 6.45) is 0.724. The number of amides is 3. The van der Waals surface area contributed by atoms with Crippen molar-refractivity contribution in [2.75, 3.05) is 13.2 Å². The summed E-state index contributed by atoms with van der Waals surface area (Å²) < 4.78 is 18.6. The van der Waals surface area contributed by atoms with E-state index in [2.05, 4.69) is 5.32 Å². The van der Waals surface area contributed by atoms with Gasteiger partial charge in [-0.05, 0) is 48.4 Å². The van der Waals surface area contributed by atoms with E-state index in [1.165, 1.54) is 31.2 Å². The number of ketones is 1. The molecule has 3 amide bonds. The number of carbonyl (C=O) groups is 3. The highest BCUT2D eigenvalue weighted by Crippen LogP contribution is 2.30. The highest BCUT2D eigenvalue weighted by molar-refractivity contribution is 6.11. The summed E-state index contributed by atoms with van der Waals surface area (Å²) in [5.74, 6) is -0.564. The second kappa shape index (κ2) is 6.19. The maximum absolute atomic E-state index is 13.2. The molecule has 2 heterocycles. The van der Waals surface area contributed by atoms with Gasteiger partial charge in [0.25, 0.3) is 5.91 Å². The number of nitrogens with one attached hydrogen (secondary N) is 1. The Morgan fingerprint density at radius 1 is 1.22 bits per heavy atom. The van der Waals surface area contributed by atoms with Gasteiger partial charge >= 0.3 is 6.03 Å². The Hall–Kier alpha value is -3.22. The third-order valence-electron chi connectivity index (χ3n) is 5.01. The Morgan fingerprint density at radius 3 is 2.70 bits per heavy atom. The first kappa shape index (κ1) is 17.2. The zero-order valence-corrected chi connectivity index (χ0v) is 14.6. The Balaban J connectivity index is 1.55. The van der Waals surface area contributed by atoms with E-state index in [9.17, 15) is 18.8 Å². The summed E-state index contributed by atoms with van der Waals surface area (Å²) in [5.41, 5.74) is 0.480. The van der Waals surface area contributed by atoms with Gasteiger partial charge in [0.05, 0.1) is 13.2 Å². The molecular formula is C20H17FN2O4. The van der Waals surface area contributed by atoms with E-state index in [1.807, 2.05) is 0 Å². The standard InChI is InChI=1S/C20H17FN2O4/c1-20(14-3-5-15(21)6-4-14)18(25)23(19(26)22-20)11-16(24)12-2-7-17-13(10-12)8-9-27-17/h2-7,10H,8-9,11H2,1H3,(H,22,26). The Bertz CT molecular complexity index is 957. The van der Waals surface area contributed by atoms with Crippen LogP contribution >= 0.6 is 0 Å². The summed E-state index contributed by atoms with van der Waals surface area (Å²) in [7, 11) is 0. The van der Waals surface area contributed by atoms with Crippen molar-refractivity contribution in [1.82, 2.24) is 10.2 Å². The summed E-state index contributed by atoms with van der Waals surface area (Å²) in [6.45, 7) is 1.76. The Morgan fingerprint density at radius 2 is 1.96 bits per heavy atom. The molecule has 4 rings (SSSR count). The number of hydrogen-bond donors (Lipinski definition) is 1. The van der Waals surface area contributed by atoms with Gasteiger partial charge in [0.2, 0.25) is 0 Å². The van der Waals surface area contributed by atoms with Gasteiger partial charge in [0.15, 0.2) is 5.78 Å². The molecule has 2 aliphatic rings. The molecule has 6 nitrogen and oxygen atoms in total. The minimum atomic E-state index is -1.34. The van der Waals surface area contributed by atoms with Crippen LogP contribution in [0.4, 0.5) is 9.18 Å². The molecule has 0 aromatic heterocycles. The molecule has 7 heteroatoms. The van der Waals surface area contributed by atoms with Crippen molar-refractivity contribution in [2.24, 2.45) is 0 Å². The van der Waals surface area contributed by atoms with Crippen LogP contribution in [0.2, 0.25) is 0 Å². The number of urea groups is 1. The number of ether oxygens (including phenoxy) is 1. The average Bonchev–Trinajstić information content (AvgIpc) is 3.20. The molecule has 1 unspecified atom stereocenters. The molecule has 0 saturated carbocycles. The molecule has 0 radical (unpaired) electrons. The smallest absolute Gasteiger partial charge is 0.325 e. The summed E-state index contributed by atoms with van der Waals surface area (Å²) >= 11 is 0. The largest absolute Gasteiger partial charge is 0.493 e. The number of imide groups is 1. The lowest BCUT2D eigenvalue weighted by molar-refractivity contribution is -0.130. The zero-order chi connectivity index (χ0) is 19.2.